The number of ketones is 1. The van der Waals surface area contributed by atoms with E-state index in [1.807, 2.05) is 0 Å². The normalized spacial score (nSPS) is 12.6. The molecule has 0 unspecified atom stereocenters. The fourth-order valence-corrected chi connectivity index (χ4v) is 2.41. The number of pyridine rings is 1. The van der Waals surface area contributed by atoms with E-state index < -0.39 is 11.6 Å². The van der Waals surface area contributed by atoms with Gasteiger partial charge in [-0.05, 0) is 24.3 Å². The summed E-state index contributed by atoms with van der Waals surface area (Å²) in [5, 5.41) is 0.321. The van der Waals surface area contributed by atoms with Gasteiger partial charge in [0.2, 0.25) is 5.78 Å². The zero-order valence-corrected chi connectivity index (χ0v) is 10.0. The van der Waals surface area contributed by atoms with Crippen LogP contribution >= 0.6 is 0 Å². The van der Waals surface area contributed by atoms with Crippen LogP contribution in [0, 0.1) is 5.82 Å². The third kappa shape index (κ3) is 1.25. The maximum absolute atomic E-state index is 13.3. The van der Waals surface area contributed by atoms with E-state index >= 15 is 0 Å². The Morgan fingerprint density at radius 1 is 1.15 bits per heavy atom. The summed E-state index contributed by atoms with van der Waals surface area (Å²) in [5.74, 6) is -0.964. The van der Waals surface area contributed by atoms with Gasteiger partial charge in [0, 0.05) is 12.4 Å². The van der Waals surface area contributed by atoms with Crippen molar-refractivity contribution in [3.05, 3.63) is 64.2 Å². The fourth-order valence-electron chi connectivity index (χ4n) is 2.41. The molecule has 0 N–H and O–H groups in total. The van der Waals surface area contributed by atoms with Crippen molar-refractivity contribution in [3.63, 3.8) is 0 Å². The first-order valence-corrected chi connectivity index (χ1v) is 5.88. The molecule has 0 aliphatic carbocycles. The number of aromatic nitrogens is 3. The molecule has 1 aromatic carbocycles. The second-order valence-corrected chi connectivity index (χ2v) is 4.46. The largest absolute Gasteiger partial charge is 0.285 e. The van der Waals surface area contributed by atoms with Crippen molar-refractivity contribution < 1.29 is 9.18 Å². The summed E-state index contributed by atoms with van der Waals surface area (Å²) in [4.78, 5) is 32.8. The summed E-state index contributed by atoms with van der Waals surface area (Å²) < 4.78 is 14.5. The van der Waals surface area contributed by atoms with Gasteiger partial charge in [0.15, 0.2) is 5.82 Å². The molecular formula is C14H6FN3O2. The highest BCUT2D eigenvalue weighted by molar-refractivity contribution is 6.13. The Morgan fingerprint density at radius 2 is 2.00 bits per heavy atom. The van der Waals surface area contributed by atoms with Crippen LogP contribution in [0.3, 0.4) is 0 Å². The predicted octanol–water partition coefficient (Wildman–Crippen LogP) is 1.46. The number of benzene rings is 1. The number of carbonyl (C=O) groups excluding carboxylic acids is 1. The monoisotopic (exact) mass is 267 g/mol. The van der Waals surface area contributed by atoms with Crippen LogP contribution in [-0.2, 0) is 0 Å². The van der Waals surface area contributed by atoms with Gasteiger partial charge in [-0.25, -0.2) is 9.37 Å². The second kappa shape index (κ2) is 3.57. The number of carbonyl (C=O) groups is 1. The van der Waals surface area contributed by atoms with Crippen molar-refractivity contribution >= 4 is 16.7 Å². The van der Waals surface area contributed by atoms with Crippen molar-refractivity contribution in [3.8, 4) is 5.69 Å². The molecule has 1 aliphatic heterocycles. The van der Waals surface area contributed by atoms with Gasteiger partial charge in [0.1, 0.15) is 5.82 Å². The minimum Gasteiger partial charge on any atom is -0.285 e. The van der Waals surface area contributed by atoms with Gasteiger partial charge in [0.05, 0.1) is 22.2 Å². The molecule has 2 aromatic heterocycles. The zero-order chi connectivity index (χ0) is 13.9. The maximum Gasteiger partial charge on any atom is 0.267 e. The first-order chi connectivity index (χ1) is 9.66. The molecule has 0 fully saturated rings. The van der Waals surface area contributed by atoms with Crippen LogP contribution in [0.4, 0.5) is 4.39 Å². The summed E-state index contributed by atoms with van der Waals surface area (Å²) in [6.45, 7) is 0. The van der Waals surface area contributed by atoms with Crippen LogP contribution in [-0.4, -0.2) is 20.3 Å². The van der Waals surface area contributed by atoms with Gasteiger partial charge in [0.25, 0.3) is 5.56 Å². The fraction of sp³-hybridized carbons (Fsp3) is 0. The van der Waals surface area contributed by atoms with Gasteiger partial charge in [-0.1, -0.05) is 0 Å². The third-order valence-electron chi connectivity index (χ3n) is 3.32. The smallest absolute Gasteiger partial charge is 0.267 e. The summed E-state index contributed by atoms with van der Waals surface area (Å²) >= 11 is 0. The maximum atomic E-state index is 13.3. The zero-order valence-electron chi connectivity index (χ0n) is 10.0. The summed E-state index contributed by atoms with van der Waals surface area (Å²) in [6, 6.07) is 5.30. The van der Waals surface area contributed by atoms with Crippen LogP contribution in [0.5, 0.6) is 0 Å². The highest BCUT2D eigenvalue weighted by Crippen LogP contribution is 2.26. The van der Waals surface area contributed by atoms with Crippen LogP contribution < -0.4 is 5.56 Å². The predicted molar refractivity (Wildman–Crippen MR) is 68.5 cm³/mol. The van der Waals surface area contributed by atoms with Gasteiger partial charge in [-0.2, -0.15) is 0 Å². The van der Waals surface area contributed by atoms with Gasteiger partial charge >= 0.3 is 0 Å². The molecule has 0 radical (unpaired) electrons. The van der Waals surface area contributed by atoms with Crippen molar-refractivity contribution in [2.75, 3.05) is 0 Å². The van der Waals surface area contributed by atoms with Crippen LogP contribution in [0.15, 0.2) is 41.5 Å². The Kier molecular flexibility index (Phi) is 1.96. The van der Waals surface area contributed by atoms with E-state index in [0.717, 1.165) is 6.07 Å². The van der Waals surface area contributed by atoms with E-state index in [0.29, 0.717) is 16.6 Å². The molecule has 0 atom stereocenters. The molecule has 0 spiro atoms. The number of hydrogen-bond acceptors (Lipinski definition) is 4. The minimum absolute atomic E-state index is 0.00861. The molecule has 0 saturated carbocycles. The summed E-state index contributed by atoms with van der Waals surface area (Å²) in [7, 11) is 0. The van der Waals surface area contributed by atoms with Crippen molar-refractivity contribution in [1.29, 1.82) is 0 Å². The average molecular weight is 267 g/mol. The van der Waals surface area contributed by atoms with E-state index in [2.05, 4.69) is 9.97 Å². The van der Waals surface area contributed by atoms with E-state index in [4.69, 9.17) is 0 Å². The summed E-state index contributed by atoms with van der Waals surface area (Å²) in [6.07, 6.45) is 2.90. The van der Waals surface area contributed by atoms with E-state index in [-0.39, 0.29) is 16.9 Å². The van der Waals surface area contributed by atoms with Crippen molar-refractivity contribution in [2.24, 2.45) is 0 Å². The Hall–Kier alpha value is -2.89. The molecule has 6 heteroatoms. The standard InChI is InChI=1S/C14H6FN3O2/c15-7-1-2-11-8(5-7)12(19)13-17-10-3-4-16-6-9(10)14(20)18(11)13/h1-6H. The Labute approximate surface area is 111 Å². The molecule has 0 amide bonds. The molecule has 5 nitrogen and oxygen atoms in total. The van der Waals surface area contributed by atoms with Crippen LogP contribution in [0.1, 0.15) is 16.2 Å². The SMILES string of the molecule is O=C1c2cc(F)ccc2-n2c1nc1ccncc1c2=O. The van der Waals surface area contributed by atoms with Crippen molar-refractivity contribution in [2.45, 2.75) is 0 Å². The Morgan fingerprint density at radius 3 is 2.85 bits per heavy atom. The number of halogens is 1. The lowest BCUT2D eigenvalue weighted by molar-refractivity contribution is 0.103. The first kappa shape index (κ1) is 11.0. The first-order valence-electron chi connectivity index (χ1n) is 5.88. The van der Waals surface area contributed by atoms with E-state index in [1.165, 1.54) is 29.1 Å². The third-order valence-corrected chi connectivity index (χ3v) is 3.32. The Bertz CT molecular complexity index is 962. The molecule has 96 valence electrons. The summed E-state index contributed by atoms with van der Waals surface area (Å²) in [5.41, 5.74) is 0.530. The van der Waals surface area contributed by atoms with Crippen LogP contribution in [0.25, 0.3) is 16.6 Å². The second-order valence-electron chi connectivity index (χ2n) is 4.46. The quantitative estimate of drug-likeness (QED) is 0.484. The van der Waals surface area contributed by atoms with Crippen LogP contribution in [0.2, 0.25) is 0 Å². The molecule has 4 rings (SSSR count). The highest BCUT2D eigenvalue weighted by Gasteiger charge is 2.30. The van der Waals surface area contributed by atoms with E-state index in [9.17, 15) is 14.0 Å². The number of hydrogen-bond donors (Lipinski definition) is 0. The number of fused-ring (bicyclic) bond motifs is 4. The minimum atomic E-state index is -0.524. The number of nitrogens with zero attached hydrogens (tertiary/aromatic N) is 3. The van der Waals surface area contributed by atoms with Crippen molar-refractivity contribution in [1.82, 2.24) is 14.5 Å². The molecular weight excluding hydrogens is 261 g/mol. The molecule has 0 bridgehead atoms. The molecule has 3 heterocycles. The Balaban J connectivity index is 2.20. The van der Waals surface area contributed by atoms with Gasteiger partial charge in [-0.3, -0.25) is 19.1 Å². The van der Waals surface area contributed by atoms with Gasteiger partial charge in [-0.15, -0.1) is 0 Å². The highest BCUT2D eigenvalue weighted by atomic mass is 19.1. The average Bonchev–Trinajstić information content (AvgIpc) is 2.73. The van der Waals surface area contributed by atoms with Gasteiger partial charge < -0.3 is 0 Å². The lowest BCUT2D eigenvalue weighted by Crippen LogP contribution is -2.21. The lowest BCUT2D eigenvalue weighted by Gasteiger charge is -2.04. The number of rotatable bonds is 0. The van der Waals surface area contributed by atoms with E-state index in [1.54, 1.807) is 6.07 Å². The molecule has 0 saturated heterocycles. The molecule has 1 aliphatic rings. The topological polar surface area (TPSA) is 64.8 Å². The molecule has 3 aromatic rings. The molecule has 20 heavy (non-hydrogen) atoms. The lowest BCUT2D eigenvalue weighted by atomic mass is 10.1.